The summed E-state index contributed by atoms with van der Waals surface area (Å²) in [7, 11) is 0. The van der Waals surface area contributed by atoms with Crippen LogP contribution in [0.1, 0.15) is 43.3 Å². The van der Waals surface area contributed by atoms with Gasteiger partial charge in [0, 0.05) is 18.5 Å². The molecule has 2 heterocycles. The standard InChI is InChI=1S/C11H18N4O/c12-6-9-2-1-5-15(9)7-10-13-11(16-14-10)8-3-4-8/h8-9H,1-7,12H2. The molecule has 1 aromatic heterocycles. The molecule has 0 aromatic carbocycles. The number of hydrogen-bond donors (Lipinski definition) is 1. The highest BCUT2D eigenvalue weighted by Crippen LogP contribution is 2.38. The van der Waals surface area contributed by atoms with E-state index < -0.39 is 0 Å². The second-order valence-electron chi connectivity index (χ2n) is 4.83. The first-order chi connectivity index (χ1) is 7.86. The first-order valence-corrected chi connectivity index (χ1v) is 6.13. The van der Waals surface area contributed by atoms with Gasteiger partial charge in [-0.3, -0.25) is 4.90 Å². The number of nitrogens with zero attached hydrogens (tertiary/aromatic N) is 3. The fourth-order valence-corrected chi connectivity index (χ4v) is 2.38. The Bertz CT molecular complexity index is 361. The van der Waals surface area contributed by atoms with Gasteiger partial charge in [-0.05, 0) is 32.2 Å². The van der Waals surface area contributed by atoms with E-state index in [1.165, 1.54) is 25.7 Å². The van der Waals surface area contributed by atoms with Gasteiger partial charge in [0.15, 0.2) is 5.82 Å². The van der Waals surface area contributed by atoms with Crippen LogP contribution in [0.3, 0.4) is 0 Å². The van der Waals surface area contributed by atoms with Crippen LogP contribution in [0.4, 0.5) is 0 Å². The average Bonchev–Trinajstić information content (AvgIpc) is 2.88. The van der Waals surface area contributed by atoms with Crippen molar-refractivity contribution in [2.75, 3.05) is 13.1 Å². The topological polar surface area (TPSA) is 68.2 Å². The average molecular weight is 222 g/mol. The van der Waals surface area contributed by atoms with E-state index in [-0.39, 0.29) is 0 Å². The van der Waals surface area contributed by atoms with Crippen LogP contribution >= 0.6 is 0 Å². The highest BCUT2D eigenvalue weighted by molar-refractivity contribution is 5.02. The van der Waals surface area contributed by atoms with Crippen molar-refractivity contribution in [3.63, 3.8) is 0 Å². The lowest BCUT2D eigenvalue weighted by Crippen LogP contribution is -2.35. The predicted octanol–water partition coefficient (Wildman–Crippen LogP) is 0.870. The highest BCUT2D eigenvalue weighted by atomic mass is 16.5. The van der Waals surface area contributed by atoms with Crippen molar-refractivity contribution < 1.29 is 4.52 Å². The van der Waals surface area contributed by atoms with Crippen molar-refractivity contribution in [2.24, 2.45) is 5.73 Å². The van der Waals surface area contributed by atoms with Crippen LogP contribution in [-0.2, 0) is 6.54 Å². The van der Waals surface area contributed by atoms with E-state index >= 15 is 0 Å². The first kappa shape index (κ1) is 10.2. The molecule has 1 aliphatic carbocycles. The summed E-state index contributed by atoms with van der Waals surface area (Å²) in [6.07, 6.45) is 4.84. The molecule has 0 bridgehead atoms. The fourth-order valence-electron chi connectivity index (χ4n) is 2.38. The van der Waals surface area contributed by atoms with Crippen LogP contribution < -0.4 is 5.73 Å². The van der Waals surface area contributed by atoms with Gasteiger partial charge in [0.2, 0.25) is 5.89 Å². The zero-order valence-corrected chi connectivity index (χ0v) is 9.43. The Morgan fingerprint density at radius 2 is 2.25 bits per heavy atom. The molecule has 1 unspecified atom stereocenters. The van der Waals surface area contributed by atoms with Crippen molar-refractivity contribution in [3.05, 3.63) is 11.7 Å². The van der Waals surface area contributed by atoms with Gasteiger partial charge in [-0.15, -0.1) is 0 Å². The first-order valence-electron chi connectivity index (χ1n) is 6.13. The molecule has 88 valence electrons. The molecule has 0 amide bonds. The lowest BCUT2D eigenvalue weighted by molar-refractivity contribution is 0.240. The molecular formula is C11H18N4O. The Hall–Kier alpha value is -0.940. The zero-order chi connectivity index (χ0) is 11.0. The van der Waals surface area contributed by atoms with Gasteiger partial charge < -0.3 is 10.3 Å². The Kier molecular flexibility index (Phi) is 2.65. The number of likely N-dealkylation sites (tertiary alicyclic amines) is 1. The van der Waals surface area contributed by atoms with Gasteiger partial charge in [-0.2, -0.15) is 4.98 Å². The molecule has 5 nitrogen and oxygen atoms in total. The van der Waals surface area contributed by atoms with Gasteiger partial charge >= 0.3 is 0 Å². The van der Waals surface area contributed by atoms with Crippen LogP contribution in [0.15, 0.2) is 4.52 Å². The minimum Gasteiger partial charge on any atom is -0.339 e. The summed E-state index contributed by atoms with van der Waals surface area (Å²) in [6.45, 7) is 2.63. The normalized spacial score (nSPS) is 26.4. The van der Waals surface area contributed by atoms with E-state index in [4.69, 9.17) is 10.3 Å². The lowest BCUT2D eigenvalue weighted by atomic mass is 10.2. The predicted molar refractivity (Wildman–Crippen MR) is 58.8 cm³/mol. The molecule has 16 heavy (non-hydrogen) atoms. The Morgan fingerprint density at radius 3 is 3.00 bits per heavy atom. The molecule has 0 radical (unpaired) electrons. The zero-order valence-electron chi connectivity index (χ0n) is 9.43. The third-order valence-electron chi connectivity index (χ3n) is 3.53. The molecule has 1 saturated heterocycles. The molecule has 1 aliphatic heterocycles. The van der Waals surface area contributed by atoms with Crippen LogP contribution in [0.25, 0.3) is 0 Å². The van der Waals surface area contributed by atoms with Gasteiger partial charge in [-0.1, -0.05) is 5.16 Å². The van der Waals surface area contributed by atoms with E-state index in [9.17, 15) is 0 Å². The molecule has 1 aromatic rings. The molecule has 2 N–H and O–H groups in total. The van der Waals surface area contributed by atoms with E-state index in [1.807, 2.05) is 0 Å². The van der Waals surface area contributed by atoms with E-state index in [0.29, 0.717) is 12.0 Å². The number of hydrogen-bond acceptors (Lipinski definition) is 5. The van der Waals surface area contributed by atoms with Crippen molar-refractivity contribution in [2.45, 2.75) is 44.2 Å². The van der Waals surface area contributed by atoms with Gasteiger partial charge in [-0.25, -0.2) is 0 Å². The summed E-state index contributed by atoms with van der Waals surface area (Å²) in [5, 5.41) is 4.04. The van der Waals surface area contributed by atoms with Gasteiger partial charge in [0.05, 0.1) is 6.54 Å². The largest absolute Gasteiger partial charge is 0.339 e. The molecule has 3 rings (SSSR count). The fraction of sp³-hybridized carbons (Fsp3) is 0.818. The minimum absolute atomic E-state index is 0.503. The maximum absolute atomic E-state index is 5.74. The maximum atomic E-state index is 5.74. The summed E-state index contributed by atoms with van der Waals surface area (Å²) in [4.78, 5) is 6.81. The van der Waals surface area contributed by atoms with Crippen molar-refractivity contribution >= 4 is 0 Å². The molecular weight excluding hydrogens is 204 g/mol. The van der Waals surface area contributed by atoms with Crippen LogP contribution in [0.5, 0.6) is 0 Å². The van der Waals surface area contributed by atoms with Gasteiger partial charge in [0.1, 0.15) is 0 Å². The number of rotatable bonds is 4. The molecule has 1 saturated carbocycles. The second-order valence-corrected chi connectivity index (χ2v) is 4.83. The quantitative estimate of drug-likeness (QED) is 0.818. The van der Waals surface area contributed by atoms with E-state index in [1.54, 1.807) is 0 Å². The maximum Gasteiger partial charge on any atom is 0.229 e. The summed E-state index contributed by atoms with van der Waals surface area (Å²) in [5.41, 5.74) is 5.74. The lowest BCUT2D eigenvalue weighted by Gasteiger charge is -2.20. The van der Waals surface area contributed by atoms with E-state index in [0.717, 1.165) is 31.3 Å². The number of aromatic nitrogens is 2. The van der Waals surface area contributed by atoms with Crippen molar-refractivity contribution in [1.29, 1.82) is 0 Å². The Balaban J connectivity index is 1.63. The number of nitrogens with two attached hydrogens (primary N) is 1. The van der Waals surface area contributed by atoms with E-state index in [2.05, 4.69) is 15.0 Å². The Labute approximate surface area is 95.0 Å². The van der Waals surface area contributed by atoms with Crippen LogP contribution in [0.2, 0.25) is 0 Å². The third kappa shape index (κ3) is 1.97. The smallest absolute Gasteiger partial charge is 0.229 e. The molecule has 1 atom stereocenters. The molecule has 2 aliphatic rings. The summed E-state index contributed by atoms with van der Waals surface area (Å²) < 4.78 is 5.25. The van der Waals surface area contributed by atoms with Crippen LogP contribution in [0, 0.1) is 0 Å². The molecule has 2 fully saturated rings. The summed E-state index contributed by atoms with van der Waals surface area (Å²) in [6, 6.07) is 0.503. The highest BCUT2D eigenvalue weighted by Gasteiger charge is 2.30. The minimum atomic E-state index is 0.503. The third-order valence-corrected chi connectivity index (χ3v) is 3.53. The Morgan fingerprint density at radius 1 is 1.38 bits per heavy atom. The monoisotopic (exact) mass is 222 g/mol. The molecule has 0 spiro atoms. The summed E-state index contributed by atoms with van der Waals surface area (Å²) >= 11 is 0. The van der Waals surface area contributed by atoms with Gasteiger partial charge in [0.25, 0.3) is 0 Å². The van der Waals surface area contributed by atoms with Crippen LogP contribution in [-0.4, -0.2) is 34.2 Å². The van der Waals surface area contributed by atoms with Crippen molar-refractivity contribution in [3.8, 4) is 0 Å². The SMILES string of the molecule is NCC1CCCN1Cc1noc(C2CC2)n1. The molecule has 5 heteroatoms. The van der Waals surface area contributed by atoms with Crippen molar-refractivity contribution in [1.82, 2.24) is 15.0 Å². The summed E-state index contributed by atoms with van der Waals surface area (Å²) in [5.74, 6) is 2.20. The second kappa shape index (κ2) is 4.14.